The first-order valence-electron chi connectivity index (χ1n) is 21.8. The van der Waals surface area contributed by atoms with Crippen LogP contribution in [0.1, 0.15) is 81.3 Å². The van der Waals surface area contributed by atoms with Crippen molar-refractivity contribution < 1.29 is 46.1 Å². The molecule has 0 N–H and O–H groups in total. The van der Waals surface area contributed by atoms with Crippen molar-refractivity contribution in [3.05, 3.63) is 217 Å². The minimum atomic E-state index is -3.39. The third-order valence-corrected chi connectivity index (χ3v) is 21.3. The normalized spacial score (nSPS) is 12.8. The molecule has 0 aliphatic heterocycles. The molecule has 8 aromatic carbocycles. The Kier molecular flexibility index (Phi) is 13.1. The molecular formula is C59H50Cl4Zr. The van der Waals surface area contributed by atoms with Crippen LogP contribution in [0, 0.1) is 0 Å². The van der Waals surface area contributed by atoms with Gasteiger partial charge in [-0.1, -0.05) is 0 Å². The van der Waals surface area contributed by atoms with Gasteiger partial charge in [0, 0.05) is 0 Å². The molecule has 64 heavy (non-hydrogen) atoms. The van der Waals surface area contributed by atoms with Gasteiger partial charge in [0.25, 0.3) is 0 Å². The van der Waals surface area contributed by atoms with Gasteiger partial charge in [0.05, 0.1) is 0 Å². The minimum absolute atomic E-state index is 0. The summed E-state index contributed by atoms with van der Waals surface area (Å²) in [6.45, 7) is 14.3. The van der Waals surface area contributed by atoms with Crippen molar-refractivity contribution in [1.29, 1.82) is 0 Å². The Balaban J connectivity index is 0.00000280. The number of rotatable bonds is 6. The fourth-order valence-corrected chi connectivity index (χ4v) is 19.2. The summed E-state index contributed by atoms with van der Waals surface area (Å²) in [5.74, 6) is 0. The monoisotopic (exact) mass is 988 g/mol. The van der Waals surface area contributed by atoms with Crippen LogP contribution < -0.4 is 28.1 Å². The van der Waals surface area contributed by atoms with E-state index in [1.807, 2.05) is 0 Å². The molecule has 0 atom stereocenters. The molecule has 0 amide bonds. The molecular weight excluding hydrogens is 942 g/mol. The molecule has 8 aromatic rings. The zero-order valence-electron chi connectivity index (χ0n) is 37.1. The largest absolute Gasteiger partial charge is 1.00 e. The average molecular weight is 992 g/mol. The van der Waals surface area contributed by atoms with E-state index in [1.165, 1.54) is 80.7 Å². The molecule has 10 rings (SSSR count). The van der Waals surface area contributed by atoms with Gasteiger partial charge in [-0.2, -0.15) is 0 Å². The molecule has 0 bridgehead atoms. The Bertz CT molecular complexity index is 3110. The van der Waals surface area contributed by atoms with Crippen LogP contribution in [0.25, 0.3) is 54.9 Å². The Labute approximate surface area is 409 Å². The quantitative estimate of drug-likeness (QED) is 0.156. The maximum absolute atomic E-state index is 7.09. The summed E-state index contributed by atoms with van der Waals surface area (Å²) in [4.78, 5) is 0. The Hall–Kier alpha value is -4.33. The van der Waals surface area contributed by atoms with Crippen LogP contribution in [-0.4, -0.2) is 3.21 Å². The molecule has 0 saturated heterocycles. The van der Waals surface area contributed by atoms with E-state index in [0.29, 0.717) is 0 Å². The standard InChI is InChI=1S/C33H33.C21H12Cl2.C5H5.2ClH.Zr/c1-32(2,3)30-20-26-24(18-28(30)22-13-9-7-10-14-22)17-25-19-29(23-15-11-8-12-16-23)31(21-27(25)26)33(4,5)6;22-20-11-9-14(16-5-1-3-7-18(16)20)13-15-10-12-21(23)19-8-4-2-6-17(15)19;1-2-4-5-3-1;;;/h7-16,18,20-21H,17H2,1-6H3;1-12H;1-3H,4H2;2*1H;/q;;;;;+2/p-2. The number of hydrogen-bond donors (Lipinski definition) is 0. The average Bonchev–Trinajstić information content (AvgIpc) is 3.94. The summed E-state index contributed by atoms with van der Waals surface area (Å²) in [7, 11) is 0. The van der Waals surface area contributed by atoms with Crippen LogP contribution in [-0.2, 0) is 38.5 Å². The van der Waals surface area contributed by atoms with E-state index >= 15 is 0 Å². The van der Waals surface area contributed by atoms with Gasteiger partial charge in [-0.3, -0.25) is 0 Å². The van der Waals surface area contributed by atoms with E-state index in [9.17, 15) is 0 Å². The second-order valence-electron chi connectivity index (χ2n) is 19.0. The zero-order chi connectivity index (χ0) is 42.9. The first-order chi connectivity index (χ1) is 29.9. The first-order valence-corrected chi connectivity index (χ1v) is 26.3. The number of halogens is 4. The van der Waals surface area contributed by atoms with Crippen LogP contribution in [0.5, 0.6) is 0 Å². The topological polar surface area (TPSA) is 0 Å². The molecule has 2 aliphatic rings. The van der Waals surface area contributed by atoms with Gasteiger partial charge in [-0.15, -0.1) is 0 Å². The molecule has 0 radical (unpaired) electrons. The van der Waals surface area contributed by atoms with Crippen LogP contribution in [0.3, 0.4) is 0 Å². The number of hydrogen-bond acceptors (Lipinski definition) is 0. The van der Waals surface area contributed by atoms with Crippen molar-refractivity contribution in [2.75, 3.05) is 0 Å². The fourth-order valence-electron chi connectivity index (χ4n) is 10.1. The first kappa shape index (κ1) is 46.2. The molecule has 0 saturated carbocycles. The van der Waals surface area contributed by atoms with Crippen molar-refractivity contribution in [2.24, 2.45) is 0 Å². The summed E-state index contributed by atoms with van der Waals surface area (Å²) >= 11 is 10.8. The second kappa shape index (κ2) is 18.2. The number of allylic oxidation sites excluding steroid dienone is 4. The van der Waals surface area contributed by atoms with Crippen molar-refractivity contribution in [3.63, 3.8) is 0 Å². The minimum Gasteiger partial charge on any atom is -1.00 e. The van der Waals surface area contributed by atoms with Gasteiger partial charge in [-0.05, 0) is 0 Å². The van der Waals surface area contributed by atoms with Crippen LogP contribution in [0.2, 0.25) is 10.0 Å². The maximum atomic E-state index is 7.09. The molecule has 0 aromatic heterocycles. The molecule has 318 valence electrons. The van der Waals surface area contributed by atoms with E-state index in [0.717, 1.165) is 33.7 Å². The van der Waals surface area contributed by atoms with E-state index in [1.54, 1.807) is 6.55 Å². The van der Waals surface area contributed by atoms with Crippen LogP contribution in [0.4, 0.5) is 0 Å². The summed E-state index contributed by atoms with van der Waals surface area (Å²) in [6, 6.07) is 56.4. The van der Waals surface area contributed by atoms with Gasteiger partial charge in [0.1, 0.15) is 0 Å². The predicted molar refractivity (Wildman–Crippen MR) is 266 cm³/mol. The molecule has 0 unspecified atom stereocenters. The molecule has 0 nitrogen and oxygen atoms in total. The Morgan fingerprint density at radius 1 is 0.516 bits per heavy atom. The van der Waals surface area contributed by atoms with E-state index in [4.69, 9.17) is 23.2 Å². The zero-order valence-corrected chi connectivity index (χ0v) is 42.6. The van der Waals surface area contributed by atoms with Crippen LogP contribution in [0.15, 0.2) is 173 Å². The molecule has 0 fully saturated rings. The van der Waals surface area contributed by atoms with E-state index in [-0.39, 0.29) is 35.6 Å². The summed E-state index contributed by atoms with van der Waals surface area (Å²) in [5, 5.41) is 6.09. The van der Waals surface area contributed by atoms with Crippen molar-refractivity contribution in [1.82, 2.24) is 0 Å². The summed E-state index contributed by atoms with van der Waals surface area (Å²) < 4.78 is 4.62. The summed E-state index contributed by atoms with van der Waals surface area (Å²) in [5.41, 5.74) is 16.1. The predicted octanol–water partition coefficient (Wildman–Crippen LogP) is 10.2. The van der Waals surface area contributed by atoms with Gasteiger partial charge in [0.2, 0.25) is 0 Å². The van der Waals surface area contributed by atoms with E-state index in [2.05, 4.69) is 211 Å². The van der Waals surface area contributed by atoms with Gasteiger partial charge in [-0.25, -0.2) is 0 Å². The Morgan fingerprint density at radius 2 is 1.02 bits per heavy atom. The number of benzene rings is 8. The third kappa shape index (κ3) is 8.16. The van der Waals surface area contributed by atoms with Crippen molar-refractivity contribution >= 4 is 51.2 Å². The van der Waals surface area contributed by atoms with Crippen molar-refractivity contribution in [3.8, 4) is 33.4 Å². The van der Waals surface area contributed by atoms with Gasteiger partial charge in [0.15, 0.2) is 0 Å². The molecule has 0 heterocycles. The molecule has 2 aliphatic carbocycles. The van der Waals surface area contributed by atoms with Gasteiger partial charge < -0.3 is 24.8 Å². The fraction of sp³-hybridized carbons (Fsp3) is 0.169. The third-order valence-electron chi connectivity index (χ3n) is 13.0. The Morgan fingerprint density at radius 3 is 1.53 bits per heavy atom. The van der Waals surface area contributed by atoms with E-state index < -0.39 is 21.3 Å². The van der Waals surface area contributed by atoms with Crippen LogP contribution >= 0.6 is 23.2 Å². The SMILES string of the molecule is CC(C)(C)c1cc2c(cc1-c1ccccc1)Cc1c-2cc(C(C)(C)C)c(-c2ccccc2)[c]1[Zr+2]([C]1=CC=CC1)=[C](c1ccc(Cl)c2ccccc12)c1ccc(Cl)c2ccccc12.[Cl-].[Cl-]. The summed E-state index contributed by atoms with van der Waals surface area (Å²) in [6.07, 6.45) is 8.98. The second-order valence-corrected chi connectivity index (χ2v) is 25.7. The van der Waals surface area contributed by atoms with Crippen molar-refractivity contribution in [2.45, 2.75) is 65.2 Å². The number of fused-ring (bicyclic) bond motifs is 5. The molecule has 5 heteroatoms. The smallest absolute Gasteiger partial charge is 1.00 e. The maximum Gasteiger partial charge on any atom is -1.00 e. The molecule has 0 spiro atoms. The van der Waals surface area contributed by atoms with Gasteiger partial charge >= 0.3 is 388 Å².